The number of hydrogen-bond donors (Lipinski definition) is 1. The van der Waals surface area contributed by atoms with E-state index in [4.69, 9.17) is 4.74 Å². The van der Waals surface area contributed by atoms with E-state index >= 15 is 0 Å². The third-order valence-corrected chi connectivity index (χ3v) is 2.67. The molecule has 0 aliphatic carbocycles. The van der Waals surface area contributed by atoms with Crippen molar-refractivity contribution in [1.82, 2.24) is 5.32 Å². The van der Waals surface area contributed by atoms with Gasteiger partial charge in [0.25, 0.3) is 0 Å². The zero-order valence-corrected chi connectivity index (χ0v) is 11.9. The van der Waals surface area contributed by atoms with Gasteiger partial charge in [0.1, 0.15) is 6.61 Å². The summed E-state index contributed by atoms with van der Waals surface area (Å²) in [7, 11) is 0. The smallest absolute Gasteiger partial charge is 0.246 e. The van der Waals surface area contributed by atoms with Gasteiger partial charge in [-0.1, -0.05) is 24.3 Å². The first-order valence-electron chi connectivity index (χ1n) is 6.28. The second kappa shape index (κ2) is 6.01. The van der Waals surface area contributed by atoms with Crippen LogP contribution < -0.4 is 5.32 Å². The zero-order valence-electron chi connectivity index (χ0n) is 11.9. The van der Waals surface area contributed by atoms with Crippen molar-refractivity contribution in [2.75, 3.05) is 6.61 Å². The number of ether oxygens (including phenoxy) is 1. The van der Waals surface area contributed by atoms with Crippen molar-refractivity contribution >= 4 is 5.91 Å². The largest absolute Gasteiger partial charge is 0.366 e. The highest BCUT2D eigenvalue weighted by Gasteiger charge is 2.15. The number of aryl methyl sites for hydroxylation is 1. The van der Waals surface area contributed by atoms with Gasteiger partial charge in [-0.3, -0.25) is 4.79 Å². The summed E-state index contributed by atoms with van der Waals surface area (Å²) in [5.74, 6) is -0.0827. The topological polar surface area (TPSA) is 38.3 Å². The van der Waals surface area contributed by atoms with Crippen LogP contribution in [0.2, 0.25) is 0 Å². The maximum absolute atomic E-state index is 11.7. The number of benzene rings is 1. The molecule has 0 aliphatic heterocycles. The minimum absolute atomic E-state index is 0.00210. The summed E-state index contributed by atoms with van der Waals surface area (Å²) >= 11 is 0. The number of carbonyl (C=O) groups excluding carboxylic acids is 1. The van der Waals surface area contributed by atoms with Gasteiger partial charge in [-0.15, -0.1) is 0 Å². The third kappa shape index (κ3) is 4.88. The lowest BCUT2D eigenvalue weighted by molar-refractivity contribution is -0.131. The van der Waals surface area contributed by atoms with Crippen LogP contribution in [0.15, 0.2) is 24.3 Å². The van der Waals surface area contributed by atoms with Crippen molar-refractivity contribution in [3.63, 3.8) is 0 Å². The van der Waals surface area contributed by atoms with Gasteiger partial charge in [-0.25, -0.2) is 0 Å². The van der Waals surface area contributed by atoms with Gasteiger partial charge in [-0.2, -0.15) is 0 Å². The van der Waals surface area contributed by atoms with E-state index in [9.17, 15) is 4.79 Å². The average molecular weight is 249 g/mol. The molecular formula is C15H23NO2. The molecule has 0 spiro atoms. The molecule has 18 heavy (non-hydrogen) atoms. The van der Waals surface area contributed by atoms with Crippen molar-refractivity contribution in [1.29, 1.82) is 0 Å². The fourth-order valence-corrected chi connectivity index (χ4v) is 1.72. The average Bonchev–Trinajstić information content (AvgIpc) is 2.26. The summed E-state index contributed by atoms with van der Waals surface area (Å²) in [6.45, 7) is 9.93. The van der Waals surface area contributed by atoms with E-state index in [1.807, 2.05) is 58.9 Å². The molecule has 1 amide bonds. The first-order valence-corrected chi connectivity index (χ1v) is 6.28. The predicted molar refractivity (Wildman–Crippen MR) is 73.4 cm³/mol. The highest BCUT2D eigenvalue weighted by molar-refractivity contribution is 5.77. The van der Waals surface area contributed by atoms with Crippen molar-refractivity contribution in [2.24, 2.45) is 0 Å². The van der Waals surface area contributed by atoms with Crippen LogP contribution in [0.25, 0.3) is 0 Å². The van der Waals surface area contributed by atoms with Crippen LogP contribution >= 0.6 is 0 Å². The number of rotatable bonds is 4. The highest BCUT2D eigenvalue weighted by Crippen LogP contribution is 2.16. The fraction of sp³-hybridized carbons (Fsp3) is 0.533. The lowest BCUT2D eigenvalue weighted by Crippen LogP contribution is -2.33. The molecule has 3 heteroatoms. The Balaban J connectivity index is 2.53. The zero-order chi connectivity index (χ0) is 13.8. The maximum atomic E-state index is 11.7. The van der Waals surface area contributed by atoms with Gasteiger partial charge in [0, 0.05) is 0 Å². The van der Waals surface area contributed by atoms with Gasteiger partial charge in [0.15, 0.2) is 0 Å². The normalized spacial score (nSPS) is 13.2. The monoisotopic (exact) mass is 249 g/mol. The molecule has 1 aromatic carbocycles. The van der Waals surface area contributed by atoms with E-state index in [0.29, 0.717) is 0 Å². The molecule has 1 rings (SSSR count). The molecule has 3 nitrogen and oxygen atoms in total. The maximum Gasteiger partial charge on any atom is 0.246 e. The number of hydrogen-bond acceptors (Lipinski definition) is 2. The summed E-state index contributed by atoms with van der Waals surface area (Å²) in [4.78, 5) is 11.7. The summed E-state index contributed by atoms with van der Waals surface area (Å²) in [6, 6.07) is 8.06. The van der Waals surface area contributed by atoms with Crippen LogP contribution in [0.5, 0.6) is 0 Å². The van der Waals surface area contributed by atoms with Crippen LogP contribution in [0, 0.1) is 6.92 Å². The molecule has 0 unspecified atom stereocenters. The number of amides is 1. The van der Waals surface area contributed by atoms with E-state index < -0.39 is 0 Å². The highest BCUT2D eigenvalue weighted by atomic mass is 16.5. The second-order valence-electron chi connectivity index (χ2n) is 5.55. The van der Waals surface area contributed by atoms with E-state index in [1.165, 1.54) is 5.56 Å². The van der Waals surface area contributed by atoms with Gasteiger partial charge in [0.2, 0.25) is 5.91 Å². The van der Waals surface area contributed by atoms with Gasteiger partial charge >= 0.3 is 0 Å². The van der Waals surface area contributed by atoms with E-state index in [0.717, 1.165) is 5.56 Å². The molecule has 0 saturated carbocycles. The molecule has 1 aromatic rings. The standard InChI is InChI=1S/C15H23NO2/c1-11-8-6-7-9-13(11)12(2)16-14(17)10-18-15(3,4)5/h6-9,12H,10H2,1-5H3,(H,16,17)/t12-/m1/s1. The molecule has 100 valence electrons. The quantitative estimate of drug-likeness (QED) is 0.891. The summed E-state index contributed by atoms with van der Waals surface area (Å²) in [5.41, 5.74) is 2.03. The Kier molecular flexibility index (Phi) is 4.91. The van der Waals surface area contributed by atoms with Gasteiger partial charge < -0.3 is 10.1 Å². The Bertz CT molecular complexity index is 407. The van der Waals surface area contributed by atoms with Crippen LogP contribution in [-0.4, -0.2) is 18.1 Å². The Labute approximate surface area is 110 Å². The van der Waals surface area contributed by atoms with Crippen molar-refractivity contribution in [3.8, 4) is 0 Å². The Morgan fingerprint density at radius 2 is 1.94 bits per heavy atom. The number of nitrogens with one attached hydrogen (secondary N) is 1. The van der Waals surface area contributed by atoms with Crippen LogP contribution in [0.4, 0.5) is 0 Å². The molecule has 0 bridgehead atoms. The van der Waals surface area contributed by atoms with Crippen molar-refractivity contribution in [2.45, 2.75) is 46.3 Å². The third-order valence-electron chi connectivity index (χ3n) is 2.67. The lowest BCUT2D eigenvalue weighted by atomic mass is 10.0. The summed E-state index contributed by atoms with van der Waals surface area (Å²) < 4.78 is 5.45. The minimum Gasteiger partial charge on any atom is -0.366 e. The van der Waals surface area contributed by atoms with Crippen molar-refractivity contribution in [3.05, 3.63) is 35.4 Å². The summed E-state index contributed by atoms with van der Waals surface area (Å²) in [6.07, 6.45) is 0. The molecule has 0 saturated heterocycles. The van der Waals surface area contributed by atoms with E-state index in [1.54, 1.807) is 0 Å². The Morgan fingerprint density at radius 1 is 1.33 bits per heavy atom. The van der Waals surface area contributed by atoms with E-state index in [2.05, 4.69) is 5.32 Å². The molecule has 1 atom stereocenters. The van der Waals surface area contributed by atoms with Crippen molar-refractivity contribution < 1.29 is 9.53 Å². The fourth-order valence-electron chi connectivity index (χ4n) is 1.72. The number of carbonyl (C=O) groups is 1. The molecule has 0 radical (unpaired) electrons. The minimum atomic E-state index is -0.288. The second-order valence-corrected chi connectivity index (χ2v) is 5.55. The first-order chi connectivity index (χ1) is 8.29. The Morgan fingerprint density at radius 3 is 2.50 bits per heavy atom. The van der Waals surface area contributed by atoms with Gasteiger partial charge in [-0.05, 0) is 45.7 Å². The van der Waals surface area contributed by atoms with Gasteiger partial charge in [0.05, 0.1) is 11.6 Å². The van der Waals surface area contributed by atoms with Crippen LogP contribution in [-0.2, 0) is 9.53 Å². The molecular weight excluding hydrogens is 226 g/mol. The molecule has 0 aromatic heterocycles. The lowest BCUT2D eigenvalue weighted by Gasteiger charge is -2.21. The molecule has 0 aliphatic rings. The molecule has 0 heterocycles. The summed E-state index contributed by atoms with van der Waals surface area (Å²) in [5, 5.41) is 2.95. The first kappa shape index (κ1) is 14.7. The van der Waals surface area contributed by atoms with Crippen LogP contribution in [0.3, 0.4) is 0 Å². The Hall–Kier alpha value is -1.35. The van der Waals surface area contributed by atoms with Crippen LogP contribution in [0.1, 0.15) is 44.9 Å². The van der Waals surface area contributed by atoms with E-state index in [-0.39, 0.29) is 24.2 Å². The molecule has 0 fully saturated rings. The SMILES string of the molecule is Cc1ccccc1[C@@H](C)NC(=O)COC(C)(C)C. The molecule has 1 N–H and O–H groups in total. The predicted octanol–water partition coefficient (Wildman–Crippen LogP) is 2.99.